The van der Waals surface area contributed by atoms with Crippen molar-refractivity contribution in [3.05, 3.63) is 90.2 Å². The Bertz CT molecular complexity index is 939. The molecule has 1 fully saturated rings. The predicted octanol–water partition coefficient (Wildman–Crippen LogP) is 4.73. The summed E-state index contributed by atoms with van der Waals surface area (Å²) in [6, 6.07) is 24.6. The maximum absolute atomic E-state index is 13.1. The van der Waals surface area contributed by atoms with Crippen molar-refractivity contribution < 1.29 is 9.18 Å². The van der Waals surface area contributed by atoms with Crippen molar-refractivity contribution in [2.75, 3.05) is 18.0 Å². The normalized spacial score (nSPS) is 17.7. The number of anilines is 1. The first-order valence-electron chi connectivity index (χ1n) is 9.57. The van der Waals surface area contributed by atoms with E-state index < -0.39 is 0 Å². The van der Waals surface area contributed by atoms with Crippen LogP contribution in [0.4, 0.5) is 10.1 Å². The molecule has 1 aliphatic heterocycles. The topological polar surface area (TPSA) is 23.6 Å². The Morgan fingerprint density at radius 3 is 2.18 bits per heavy atom. The van der Waals surface area contributed by atoms with Crippen molar-refractivity contribution in [1.29, 1.82) is 0 Å². The molecule has 4 heteroatoms. The van der Waals surface area contributed by atoms with Gasteiger partial charge in [-0.15, -0.1) is 0 Å². The van der Waals surface area contributed by atoms with Gasteiger partial charge in [0.2, 0.25) is 5.91 Å². The molecule has 0 N–H and O–H groups in total. The highest BCUT2D eigenvalue weighted by molar-refractivity contribution is 5.97. The average molecular weight is 374 g/mol. The van der Waals surface area contributed by atoms with Gasteiger partial charge in [0.25, 0.3) is 0 Å². The van der Waals surface area contributed by atoms with E-state index in [9.17, 15) is 9.18 Å². The zero-order chi connectivity index (χ0) is 19.5. The molecule has 1 aliphatic rings. The van der Waals surface area contributed by atoms with Gasteiger partial charge in [0, 0.05) is 25.3 Å². The smallest absolute Gasteiger partial charge is 0.244 e. The minimum absolute atomic E-state index is 0.0980. The fourth-order valence-corrected chi connectivity index (χ4v) is 3.68. The number of halogens is 1. The van der Waals surface area contributed by atoms with Crippen LogP contribution in [0.1, 0.15) is 12.5 Å². The van der Waals surface area contributed by atoms with Gasteiger partial charge in [-0.2, -0.15) is 0 Å². The van der Waals surface area contributed by atoms with Crippen molar-refractivity contribution in [2.24, 2.45) is 0 Å². The van der Waals surface area contributed by atoms with E-state index in [1.165, 1.54) is 12.1 Å². The quantitative estimate of drug-likeness (QED) is 0.659. The highest BCUT2D eigenvalue weighted by atomic mass is 19.1. The number of benzene rings is 3. The molecule has 28 heavy (non-hydrogen) atoms. The predicted molar refractivity (Wildman–Crippen MR) is 111 cm³/mol. The third kappa shape index (κ3) is 3.82. The van der Waals surface area contributed by atoms with Crippen LogP contribution < -0.4 is 4.90 Å². The molecule has 1 atom stereocenters. The summed E-state index contributed by atoms with van der Waals surface area (Å²) in [5.41, 5.74) is 4.25. The third-order valence-corrected chi connectivity index (χ3v) is 5.37. The molecule has 4 rings (SSSR count). The van der Waals surface area contributed by atoms with Crippen molar-refractivity contribution in [3.63, 3.8) is 0 Å². The molecule has 0 unspecified atom stereocenters. The number of rotatable bonds is 4. The van der Waals surface area contributed by atoms with E-state index in [0.717, 1.165) is 28.9 Å². The molecule has 3 nitrogen and oxygen atoms in total. The molecule has 3 aromatic carbocycles. The van der Waals surface area contributed by atoms with Gasteiger partial charge < -0.3 is 4.90 Å². The van der Waals surface area contributed by atoms with Crippen LogP contribution in [0.5, 0.6) is 0 Å². The van der Waals surface area contributed by atoms with Gasteiger partial charge in [0.15, 0.2) is 0 Å². The fraction of sp³-hybridized carbons (Fsp3) is 0.208. The second kappa shape index (κ2) is 7.95. The summed E-state index contributed by atoms with van der Waals surface area (Å²) < 4.78 is 13.1. The fourth-order valence-electron chi connectivity index (χ4n) is 3.68. The molecule has 1 heterocycles. The Kier molecular flexibility index (Phi) is 5.22. The number of hydrogen-bond acceptors (Lipinski definition) is 2. The van der Waals surface area contributed by atoms with E-state index in [0.29, 0.717) is 13.1 Å². The van der Waals surface area contributed by atoms with Crippen LogP contribution in [-0.4, -0.2) is 29.9 Å². The lowest BCUT2D eigenvalue weighted by Crippen LogP contribution is -2.55. The number of nitrogens with zero attached hydrogens (tertiary/aromatic N) is 2. The molecule has 142 valence electrons. The number of piperazine rings is 1. The van der Waals surface area contributed by atoms with Crippen molar-refractivity contribution in [1.82, 2.24) is 4.90 Å². The third-order valence-electron chi connectivity index (χ3n) is 5.37. The molecule has 0 aromatic heterocycles. The second-order valence-corrected chi connectivity index (χ2v) is 7.18. The summed E-state index contributed by atoms with van der Waals surface area (Å²) in [6.45, 7) is 4.02. The molecule has 0 bridgehead atoms. The first-order chi connectivity index (χ1) is 13.6. The molecule has 0 aliphatic carbocycles. The number of amides is 1. The maximum atomic E-state index is 13.1. The summed E-state index contributed by atoms with van der Waals surface area (Å²) in [7, 11) is 0. The number of carbonyl (C=O) groups excluding carboxylic acids is 1. The van der Waals surface area contributed by atoms with Gasteiger partial charge >= 0.3 is 0 Å². The zero-order valence-corrected chi connectivity index (χ0v) is 15.9. The lowest BCUT2D eigenvalue weighted by Gasteiger charge is -2.39. The lowest BCUT2D eigenvalue weighted by molar-refractivity contribution is -0.125. The molecular weight excluding hydrogens is 351 g/mol. The Morgan fingerprint density at radius 1 is 0.857 bits per heavy atom. The molecule has 0 saturated carbocycles. The first kappa shape index (κ1) is 18.4. The highest BCUT2D eigenvalue weighted by Crippen LogP contribution is 2.26. The molecule has 1 amide bonds. The van der Waals surface area contributed by atoms with Crippen LogP contribution in [-0.2, 0) is 11.3 Å². The first-order valence-corrected chi connectivity index (χ1v) is 9.57. The van der Waals surface area contributed by atoms with Crippen molar-refractivity contribution in [3.8, 4) is 11.1 Å². The molecule has 3 aromatic rings. The Balaban J connectivity index is 1.46. The highest BCUT2D eigenvalue weighted by Gasteiger charge is 2.32. The van der Waals surface area contributed by atoms with Gasteiger partial charge in [-0.1, -0.05) is 54.6 Å². The van der Waals surface area contributed by atoms with Crippen LogP contribution in [0.3, 0.4) is 0 Å². The second-order valence-electron chi connectivity index (χ2n) is 7.18. The van der Waals surface area contributed by atoms with Crippen molar-refractivity contribution >= 4 is 11.6 Å². The van der Waals surface area contributed by atoms with Gasteiger partial charge in [0.05, 0.1) is 6.04 Å². The van der Waals surface area contributed by atoms with Gasteiger partial charge in [-0.3, -0.25) is 9.69 Å². The van der Waals surface area contributed by atoms with Crippen molar-refractivity contribution in [2.45, 2.75) is 19.5 Å². The Morgan fingerprint density at radius 2 is 1.50 bits per heavy atom. The van der Waals surface area contributed by atoms with Gasteiger partial charge in [0.1, 0.15) is 5.82 Å². The summed E-state index contributed by atoms with van der Waals surface area (Å²) in [6.07, 6.45) is 0. The monoisotopic (exact) mass is 374 g/mol. The maximum Gasteiger partial charge on any atom is 0.244 e. The van der Waals surface area contributed by atoms with Crippen LogP contribution in [0.2, 0.25) is 0 Å². The Hall–Kier alpha value is -2.98. The van der Waals surface area contributed by atoms with Crippen LogP contribution >= 0.6 is 0 Å². The van der Waals surface area contributed by atoms with E-state index >= 15 is 0 Å². The molecule has 0 spiro atoms. The van der Waals surface area contributed by atoms with E-state index in [4.69, 9.17) is 0 Å². The molecule has 1 saturated heterocycles. The van der Waals surface area contributed by atoms with E-state index in [2.05, 4.69) is 29.2 Å². The van der Waals surface area contributed by atoms with Crippen LogP contribution in [0.15, 0.2) is 78.9 Å². The van der Waals surface area contributed by atoms with Crippen LogP contribution in [0, 0.1) is 5.82 Å². The minimum Gasteiger partial charge on any atom is -0.310 e. The lowest BCUT2D eigenvalue weighted by atomic mass is 10.0. The zero-order valence-electron chi connectivity index (χ0n) is 15.9. The average Bonchev–Trinajstić information content (AvgIpc) is 2.74. The summed E-state index contributed by atoms with van der Waals surface area (Å²) >= 11 is 0. The number of carbonyl (C=O) groups is 1. The Labute approximate surface area is 165 Å². The van der Waals surface area contributed by atoms with E-state index in [1.807, 2.05) is 42.2 Å². The van der Waals surface area contributed by atoms with E-state index in [-0.39, 0.29) is 17.8 Å². The standard InChI is InChI=1S/C24H23FN2O/c1-18-24(28)27(16-15-26(18)17-19-7-11-22(25)12-8-19)23-13-9-21(10-14-23)20-5-3-2-4-6-20/h2-14,18H,15-17H2,1H3/t18-/m0/s1. The van der Waals surface area contributed by atoms with Gasteiger partial charge in [-0.05, 0) is 47.9 Å². The summed E-state index contributed by atoms with van der Waals surface area (Å²) in [5.74, 6) is -0.141. The van der Waals surface area contributed by atoms with Gasteiger partial charge in [-0.25, -0.2) is 4.39 Å². The minimum atomic E-state index is -0.239. The summed E-state index contributed by atoms with van der Waals surface area (Å²) in [5, 5.41) is 0. The largest absolute Gasteiger partial charge is 0.310 e. The molecule has 0 radical (unpaired) electrons. The molecular formula is C24H23FN2O. The number of hydrogen-bond donors (Lipinski definition) is 0. The van der Waals surface area contributed by atoms with Crippen LogP contribution in [0.25, 0.3) is 11.1 Å². The van der Waals surface area contributed by atoms with E-state index in [1.54, 1.807) is 12.1 Å². The summed E-state index contributed by atoms with van der Waals surface area (Å²) in [4.78, 5) is 17.0. The SMILES string of the molecule is C[C@H]1C(=O)N(c2ccc(-c3ccccc3)cc2)CCN1Cc1ccc(F)cc1.